The lowest BCUT2D eigenvalue weighted by atomic mass is 10.1. The molecule has 0 spiro atoms. The van der Waals surface area contributed by atoms with Crippen molar-refractivity contribution in [2.75, 3.05) is 40.8 Å². The summed E-state index contributed by atoms with van der Waals surface area (Å²) in [6.45, 7) is 2.19. The molecule has 7 nitrogen and oxygen atoms in total. The van der Waals surface area contributed by atoms with Crippen LogP contribution in [0, 0.1) is 0 Å². The largest absolute Gasteiger partial charge is 0.492 e. The lowest BCUT2D eigenvalue weighted by Gasteiger charge is -2.29. The van der Waals surface area contributed by atoms with Crippen molar-refractivity contribution in [3.63, 3.8) is 0 Å². The van der Waals surface area contributed by atoms with Gasteiger partial charge in [0.05, 0.1) is 11.4 Å². The molecule has 2 aliphatic rings. The van der Waals surface area contributed by atoms with Crippen molar-refractivity contribution < 1.29 is 13.2 Å². The second-order valence-corrected chi connectivity index (χ2v) is 9.95. The fourth-order valence-electron chi connectivity index (χ4n) is 3.58. The Bertz CT molecular complexity index is 1170. The van der Waals surface area contributed by atoms with Crippen LogP contribution in [0.25, 0.3) is 0 Å². The highest BCUT2D eigenvalue weighted by Crippen LogP contribution is 2.34. The number of allylic oxidation sites excluding steroid dienone is 2. The summed E-state index contributed by atoms with van der Waals surface area (Å²) in [5, 5.41) is 0. The van der Waals surface area contributed by atoms with Crippen LogP contribution in [-0.2, 0) is 16.4 Å². The van der Waals surface area contributed by atoms with E-state index >= 15 is 0 Å². The van der Waals surface area contributed by atoms with Crippen molar-refractivity contribution in [1.29, 1.82) is 0 Å². The molecule has 2 aliphatic heterocycles. The molecule has 32 heavy (non-hydrogen) atoms. The Labute approximate surface area is 190 Å². The van der Waals surface area contributed by atoms with E-state index in [0.29, 0.717) is 30.4 Å². The van der Waals surface area contributed by atoms with Crippen molar-refractivity contribution in [1.82, 2.24) is 14.1 Å². The Morgan fingerprint density at radius 3 is 2.56 bits per heavy atom. The lowest BCUT2D eigenvalue weighted by molar-refractivity contribution is 0.261. The van der Waals surface area contributed by atoms with Gasteiger partial charge in [-0.1, -0.05) is 24.3 Å². The van der Waals surface area contributed by atoms with Crippen LogP contribution in [0.4, 0.5) is 5.69 Å². The van der Waals surface area contributed by atoms with Gasteiger partial charge < -0.3 is 14.5 Å². The summed E-state index contributed by atoms with van der Waals surface area (Å²) < 4.78 is 33.2. The Morgan fingerprint density at radius 2 is 1.81 bits per heavy atom. The summed E-state index contributed by atoms with van der Waals surface area (Å²) in [5.41, 5.74) is 2.19. The molecule has 0 unspecified atom stereocenters. The van der Waals surface area contributed by atoms with Crippen LogP contribution in [0.15, 0.2) is 82.5 Å². The monoisotopic (exact) mass is 452 g/mol. The van der Waals surface area contributed by atoms with E-state index in [9.17, 15) is 8.42 Å². The van der Waals surface area contributed by atoms with Crippen molar-refractivity contribution in [3.8, 4) is 5.75 Å². The van der Waals surface area contributed by atoms with Gasteiger partial charge in [0.15, 0.2) is 5.84 Å². The second-order valence-electron chi connectivity index (χ2n) is 8.01. The number of hydrogen-bond acceptors (Lipinski definition) is 6. The molecule has 0 N–H and O–H groups in total. The molecule has 4 rings (SSSR count). The summed E-state index contributed by atoms with van der Waals surface area (Å²) in [4.78, 5) is 9.05. The third-order valence-electron chi connectivity index (χ3n) is 5.46. The van der Waals surface area contributed by atoms with Crippen LogP contribution in [0.1, 0.15) is 5.56 Å². The summed E-state index contributed by atoms with van der Waals surface area (Å²) in [7, 11) is 1.95. The fraction of sp³-hybridized carbons (Fsp3) is 0.292. The molecule has 8 heteroatoms. The number of likely N-dealkylation sites (N-methyl/N-ethyl adjacent to an activating group) is 2. The molecule has 0 saturated carbocycles. The molecule has 168 valence electrons. The molecule has 0 aliphatic carbocycles. The molecule has 0 radical (unpaired) electrons. The maximum atomic E-state index is 13.1. The summed E-state index contributed by atoms with van der Waals surface area (Å²) in [5.74, 6) is 1.49. The van der Waals surface area contributed by atoms with Crippen LogP contribution in [0.2, 0.25) is 0 Å². The van der Waals surface area contributed by atoms with Crippen molar-refractivity contribution in [2.24, 2.45) is 4.99 Å². The van der Waals surface area contributed by atoms with E-state index in [1.807, 2.05) is 43.4 Å². The zero-order chi connectivity index (χ0) is 22.7. The van der Waals surface area contributed by atoms with E-state index < -0.39 is 10.0 Å². The minimum absolute atomic E-state index is 0.218. The third-order valence-corrected chi connectivity index (χ3v) is 7.28. The van der Waals surface area contributed by atoms with Gasteiger partial charge in [-0.05, 0) is 62.5 Å². The Kier molecular flexibility index (Phi) is 6.34. The highest BCUT2D eigenvalue weighted by Gasteiger charge is 2.33. The zero-order valence-electron chi connectivity index (χ0n) is 18.6. The molecule has 0 fully saturated rings. The van der Waals surface area contributed by atoms with Crippen molar-refractivity contribution in [2.45, 2.75) is 11.3 Å². The van der Waals surface area contributed by atoms with Gasteiger partial charge in [0.2, 0.25) is 0 Å². The van der Waals surface area contributed by atoms with Crippen molar-refractivity contribution in [3.05, 3.63) is 78.1 Å². The third kappa shape index (κ3) is 4.56. The van der Waals surface area contributed by atoms with Crippen LogP contribution in [0.5, 0.6) is 5.75 Å². The van der Waals surface area contributed by atoms with Gasteiger partial charge in [0.25, 0.3) is 10.0 Å². The first kappa shape index (κ1) is 22.1. The standard InChI is InChI=1S/C24H28N4O3S/c1-26(2)17-18-31-20-12-10-19(11-13-20)14-16-28-15-6-8-22-24(28)25-21-7-4-5-9-23(21)32(29,30)27(22)3/h4-13,15H,14,16-18H2,1-3H3. The average molecular weight is 453 g/mol. The van der Waals surface area contributed by atoms with E-state index in [0.717, 1.165) is 18.7 Å². The molecule has 2 aromatic rings. The molecule has 0 aromatic heterocycles. The second kappa shape index (κ2) is 9.18. The van der Waals surface area contributed by atoms with Gasteiger partial charge in [-0.15, -0.1) is 0 Å². The first-order valence-electron chi connectivity index (χ1n) is 10.5. The SMILES string of the molecule is CN(C)CCOc1ccc(CCN2C=CC=C3C2=Nc2ccccc2S(=O)(=O)N3C)cc1. The molecule has 0 atom stereocenters. The van der Waals surface area contributed by atoms with E-state index in [-0.39, 0.29) is 4.90 Å². The van der Waals surface area contributed by atoms with Gasteiger partial charge in [0.1, 0.15) is 17.3 Å². The van der Waals surface area contributed by atoms with E-state index in [1.54, 1.807) is 37.4 Å². The van der Waals surface area contributed by atoms with Gasteiger partial charge in [0, 0.05) is 26.3 Å². The number of nitrogens with zero attached hydrogens (tertiary/aromatic N) is 4. The first-order chi connectivity index (χ1) is 15.4. The Balaban J connectivity index is 1.50. The van der Waals surface area contributed by atoms with Crippen LogP contribution in [-0.4, -0.2) is 69.2 Å². The summed E-state index contributed by atoms with van der Waals surface area (Å²) in [6.07, 6.45) is 6.37. The average Bonchev–Trinajstić information content (AvgIpc) is 2.86. The number of rotatable bonds is 7. The molecular formula is C24H28N4O3S. The first-order valence-corrected chi connectivity index (χ1v) is 12.0. The smallest absolute Gasteiger partial charge is 0.266 e. The number of amidine groups is 1. The van der Waals surface area contributed by atoms with Crippen LogP contribution in [0.3, 0.4) is 0 Å². The minimum atomic E-state index is -3.66. The number of fused-ring (bicyclic) bond motifs is 2. The number of hydrogen-bond donors (Lipinski definition) is 0. The highest BCUT2D eigenvalue weighted by molar-refractivity contribution is 7.89. The maximum Gasteiger partial charge on any atom is 0.266 e. The van der Waals surface area contributed by atoms with Gasteiger partial charge in [-0.3, -0.25) is 4.31 Å². The molecular weight excluding hydrogens is 424 g/mol. The summed E-state index contributed by atoms with van der Waals surface area (Å²) in [6, 6.07) is 15.0. The summed E-state index contributed by atoms with van der Waals surface area (Å²) >= 11 is 0. The predicted molar refractivity (Wildman–Crippen MR) is 127 cm³/mol. The number of ether oxygens (including phenoxy) is 1. The molecule has 0 bridgehead atoms. The predicted octanol–water partition coefficient (Wildman–Crippen LogP) is 3.25. The molecule has 0 amide bonds. The normalized spacial score (nSPS) is 16.8. The number of para-hydroxylation sites is 1. The van der Waals surface area contributed by atoms with Crippen molar-refractivity contribution >= 4 is 21.5 Å². The Morgan fingerprint density at radius 1 is 1.06 bits per heavy atom. The van der Waals surface area contributed by atoms with E-state index in [4.69, 9.17) is 9.73 Å². The topological polar surface area (TPSA) is 65.5 Å². The number of aliphatic imine (C=N–C) groups is 1. The van der Waals surface area contributed by atoms with E-state index in [1.165, 1.54) is 9.87 Å². The number of benzene rings is 2. The molecule has 2 aromatic carbocycles. The maximum absolute atomic E-state index is 13.1. The minimum Gasteiger partial charge on any atom is -0.492 e. The van der Waals surface area contributed by atoms with Crippen LogP contribution < -0.4 is 4.74 Å². The lowest BCUT2D eigenvalue weighted by Crippen LogP contribution is -2.38. The van der Waals surface area contributed by atoms with E-state index in [2.05, 4.69) is 17.0 Å². The fourth-order valence-corrected chi connectivity index (χ4v) is 4.91. The van der Waals surface area contributed by atoms with Gasteiger partial charge in [-0.25, -0.2) is 13.4 Å². The molecule has 2 heterocycles. The van der Waals surface area contributed by atoms with Gasteiger partial charge >= 0.3 is 0 Å². The molecule has 0 saturated heterocycles. The number of sulfonamides is 1. The van der Waals surface area contributed by atoms with Crippen LogP contribution >= 0.6 is 0 Å². The van der Waals surface area contributed by atoms with Gasteiger partial charge in [-0.2, -0.15) is 0 Å². The zero-order valence-corrected chi connectivity index (χ0v) is 19.4. The quantitative estimate of drug-likeness (QED) is 0.645. The Hall–Kier alpha value is -3.10. The highest BCUT2D eigenvalue weighted by atomic mass is 32.2.